The first-order valence-electron chi connectivity index (χ1n) is 9.61. The molecule has 0 bridgehead atoms. The molecule has 0 amide bonds. The molecule has 2 nitrogen and oxygen atoms in total. The van der Waals surface area contributed by atoms with E-state index in [0.29, 0.717) is 0 Å². The van der Waals surface area contributed by atoms with E-state index in [1.165, 1.54) is 56.9 Å². The molecule has 2 heteroatoms. The van der Waals surface area contributed by atoms with Crippen LogP contribution in [0.4, 0.5) is 0 Å². The van der Waals surface area contributed by atoms with Gasteiger partial charge in [0.2, 0.25) is 0 Å². The van der Waals surface area contributed by atoms with Gasteiger partial charge in [-0.05, 0) is 30.7 Å². The summed E-state index contributed by atoms with van der Waals surface area (Å²) in [6, 6.07) is 17.0. The Labute approximate surface area is 147 Å². The summed E-state index contributed by atoms with van der Waals surface area (Å²) in [6.45, 7) is 3.32. The number of aromatic nitrogens is 1. The number of hydrogen-bond acceptors (Lipinski definition) is 2. The van der Waals surface area contributed by atoms with E-state index in [1.807, 2.05) is 12.3 Å². The summed E-state index contributed by atoms with van der Waals surface area (Å²) in [5.74, 6) is 0. The van der Waals surface area contributed by atoms with Crippen LogP contribution in [0.5, 0.6) is 0 Å². The predicted molar refractivity (Wildman–Crippen MR) is 103 cm³/mol. The molecule has 0 aliphatic carbocycles. The maximum absolute atomic E-state index is 4.55. The zero-order chi connectivity index (χ0) is 16.9. The average Bonchev–Trinajstić information content (AvgIpc) is 2.65. The van der Waals surface area contributed by atoms with Crippen molar-refractivity contribution in [3.63, 3.8) is 0 Å². The number of unbranched alkanes of at least 4 members (excludes halogenated alkanes) is 7. The van der Waals surface area contributed by atoms with Gasteiger partial charge in [0.05, 0.1) is 11.7 Å². The fourth-order valence-electron chi connectivity index (χ4n) is 3.09. The maximum Gasteiger partial charge on any atom is 0.0751 e. The minimum absolute atomic E-state index is 0.192. The van der Waals surface area contributed by atoms with E-state index in [4.69, 9.17) is 0 Å². The van der Waals surface area contributed by atoms with Crippen LogP contribution in [0, 0.1) is 0 Å². The Bertz CT molecular complexity index is 485. The van der Waals surface area contributed by atoms with E-state index in [1.54, 1.807) is 0 Å². The molecule has 1 N–H and O–H groups in total. The quantitative estimate of drug-likeness (QED) is 0.492. The number of nitrogens with one attached hydrogen (secondary N) is 1. The van der Waals surface area contributed by atoms with Crippen molar-refractivity contribution in [1.82, 2.24) is 10.3 Å². The zero-order valence-corrected chi connectivity index (χ0v) is 15.1. The van der Waals surface area contributed by atoms with Gasteiger partial charge in [-0.1, -0.05) is 88.3 Å². The molecular weight excluding hydrogens is 292 g/mol. The van der Waals surface area contributed by atoms with Crippen molar-refractivity contribution in [3.8, 4) is 0 Å². The van der Waals surface area contributed by atoms with Crippen LogP contribution in [0.2, 0.25) is 0 Å². The van der Waals surface area contributed by atoms with Crippen LogP contribution in [0.3, 0.4) is 0 Å². The highest BCUT2D eigenvalue weighted by Gasteiger charge is 2.13. The highest BCUT2D eigenvalue weighted by molar-refractivity contribution is 5.27. The lowest BCUT2D eigenvalue weighted by Crippen LogP contribution is -2.24. The highest BCUT2D eigenvalue weighted by Crippen LogP contribution is 2.20. The third-order valence-corrected chi connectivity index (χ3v) is 4.50. The normalized spacial score (nSPS) is 12.2. The molecule has 1 unspecified atom stereocenters. The standard InChI is InChI=1S/C22H32N2/c1-2-3-4-5-6-7-8-13-19-24-22(20-15-10-9-11-16-20)21-17-12-14-18-23-21/h9-12,14-18,22,24H,2-8,13,19H2,1H3. The van der Waals surface area contributed by atoms with E-state index >= 15 is 0 Å². The molecule has 1 aromatic carbocycles. The lowest BCUT2D eigenvalue weighted by Gasteiger charge is -2.19. The molecule has 0 fully saturated rings. The van der Waals surface area contributed by atoms with Gasteiger partial charge >= 0.3 is 0 Å². The molecule has 24 heavy (non-hydrogen) atoms. The molecule has 1 aromatic heterocycles. The van der Waals surface area contributed by atoms with Crippen molar-refractivity contribution < 1.29 is 0 Å². The van der Waals surface area contributed by atoms with Crippen LogP contribution >= 0.6 is 0 Å². The molecule has 2 aromatic rings. The second-order valence-corrected chi connectivity index (χ2v) is 6.53. The third-order valence-electron chi connectivity index (χ3n) is 4.50. The lowest BCUT2D eigenvalue weighted by molar-refractivity contribution is 0.529. The minimum Gasteiger partial charge on any atom is -0.305 e. The fourth-order valence-corrected chi connectivity index (χ4v) is 3.09. The Hall–Kier alpha value is -1.67. The van der Waals surface area contributed by atoms with Crippen molar-refractivity contribution in [3.05, 3.63) is 66.0 Å². The van der Waals surface area contributed by atoms with E-state index in [2.05, 4.69) is 59.7 Å². The first-order valence-corrected chi connectivity index (χ1v) is 9.61. The van der Waals surface area contributed by atoms with Gasteiger partial charge in [0, 0.05) is 6.20 Å². The van der Waals surface area contributed by atoms with Gasteiger partial charge < -0.3 is 5.32 Å². The SMILES string of the molecule is CCCCCCCCCCNC(c1ccccc1)c1ccccn1. The Balaban J connectivity index is 1.74. The van der Waals surface area contributed by atoms with Crippen molar-refractivity contribution >= 4 is 0 Å². The van der Waals surface area contributed by atoms with Crippen LogP contribution in [0.1, 0.15) is 75.6 Å². The molecule has 0 saturated carbocycles. The molecule has 1 atom stereocenters. The Morgan fingerprint density at radius 2 is 1.46 bits per heavy atom. The number of benzene rings is 1. The van der Waals surface area contributed by atoms with Gasteiger partial charge in [-0.3, -0.25) is 4.98 Å². The van der Waals surface area contributed by atoms with E-state index in [0.717, 1.165) is 12.2 Å². The number of rotatable bonds is 12. The lowest BCUT2D eigenvalue weighted by atomic mass is 10.0. The number of nitrogens with zero attached hydrogens (tertiary/aromatic N) is 1. The van der Waals surface area contributed by atoms with Gasteiger partial charge in [-0.15, -0.1) is 0 Å². The van der Waals surface area contributed by atoms with Gasteiger partial charge in [-0.25, -0.2) is 0 Å². The van der Waals surface area contributed by atoms with Gasteiger partial charge in [0.15, 0.2) is 0 Å². The second kappa shape index (κ2) is 11.8. The Kier molecular flexibility index (Phi) is 9.18. The monoisotopic (exact) mass is 324 g/mol. The molecule has 1 heterocycles. The van der Waals surface area contributed by atoms with Crippen LogP contribution in [0.15, 0.2) is 54.7 Å². The van der Waals surface area contributed by atoms with Crippen molar-refractivity contribution in [2.45, 2.75) is 64.3 Å². The van der Waals surface area contributed by atoms with E-state index in [-0.39, 0.29) is 6.04 Å². The minimum atomic E-state index is 0.192. The van der Waals surface area contributed by atoms with Crippen LogP contribution in [0.25, 0.3) is 0 Å². The van der Waals surface area contributed by atoms with Crippen molar-refractivity contribution in [1.29, 1.82) is 0 Å². The van der Waals surface area contributed by atoms with Crippen LogP contribution < -0.4 is 5.32 Å². The highest BCUT2D eigenvalue weighted by atomic mass is 14.9. The third kappa shape index (κ3) is 6.84. The summed E-state index contributed by atoms with van der Waals surface area (Å²) in [5.41, 5.74) is 2.39. The molecular formula is C22H32N2. The molecule has 2 rings (SSSR count). The fraction of sp³-hybridized carbons (Fsp3) is 0.500. The van der Waals surface area contributed by atoms with Gasteiger partial charge in [0.1, 0.15) is 0 Å². The first kappa shape index (κ1) is 18.7. The summed E-state index contributed by atoms with van der Waals surface area (Å²) in [6.07, 6.45) is 12.7. The van der Waals surface area contributed by atoms with Crippen LogP contribution in [-0.2, 0) is 0 Å². The smallest absolute Gasteiger partial charge is 0.0751 e. The molecule has 0 aliphatic rings. The molecule has 0 aliphatic heterocycles. The summed E-state index contributed by atoms with van der Waals surface area (Å²) in [4.78, 5) is 4.55. The van der Waals surface area contributed by atoms with Crippen molar-refractivity contribution in [2.75, 3.05) is 6.54 Å². The van der Waals surface area contributed by atoms with E-state index < -0.39 is 0 Å². The number of pyridine rings is 1. The Morgan fingerprint density at radius 3 is 2.12 bits per heavy atom. The topological polar surface area (TPSA) is 24.9 Å². The predicted octanol–water partition coefficient (Wildman–Crippen LogP) is 5.90. The van der Waals surface area contributed by atoms with E-state index in [9.17, 15) is 0 Å². The van der Waals surface area contributed by atoms with Crippen molar-refractivity contribution in [2.24, 2.45) is 0 Å². The van der Waals surface area contributed by atoms with Gasteiger partial charge in [0.25, 0.3) is 0 Å². The maximum atomic E-state index is 4.55. The Morgan fingerprint density at radius 1 is 0.792 bits per heavy atom. The number of hydrogen-bond donors (Lipinski definition) is 1. The van der Waals surface area contributed by atoms with Crippen LogP contribution in [-0.4, -0.2) is 11.5 Å². The largest absolute Gasteiger partial charge is 0.305 e. The summed E-state index contributed by atoms with van der Waals surface area (Å²) < 4.78 is 0. The molecule has 0 saturated heterocycles. The zero-order valence-electron chi connectivity index (χ0n) is 15.1. The summed E-state index contributed by atoms with van der Waals surface area (Å²) in [7, 11) is 0. The van der Waals surface area contributed by atoms with Gasteiger partial charge in [-0.2, -0.15) is 0 Å². The molecule has 130 valence electrons. The summed E-state index contributed by atoms with van der Waals surface area (Å²) in [5, 5.41) is 3.70. The average molecular weight is 325 g/mol. The molecule has 0 spiro atoms. The molecule has 0 radical (unpaired) electrons. The second-order valence-electron chi connectivity index (χ2n) is 6.53. The summed E-state index contributed by atoms with van der Waals surface area (Å²) >= 11 is 0. The first-order chi connectivity index (χ1) is 11.9.